The molecule has 3 aromatic rings. The van der Waals surface area contributed by atoms with Gasteiger partial charge in [0.15, 0.2) is 5.60 Å². The van der Waals surface area contributed by atoms with E-state index in [0.29, 0.717) is 23.6 Å². The van der Waals surface area contributed by atoms with E-state index in [-0.39, 0.29) is 43.8 Å². The largest absolute Gasteiger partial charge is 0.497 e. The highest BCUT2D eigenvalue weighted by atomic mass is 16.5. The first-order chi connectivity index (χ1) is 17.7. The van der Waals surface area contributed by atoms with Crippen LogP contribution in [0.3, 0.4) is 0 Å². The van der Waals surface area contributed by atoms with Crippen LogP contribution < -0.4 is 21.3 Å². The van der Waals surface area contributed by atoms with Crippen LogP contribution in [0.25, 0.3) is 22.3 Å². The minimum atomic E-state index is -2.04. The molecule has 0 unspecified atom stereocenters. The topological polar surface area (TPSA) is 146 Å². The van der Waals surface area contributed by atoms with Crippen LogP contribution in [0.5, 0.6) is 5.75 Å². The number of pyridine rings is 2. The lowest BCUT2D eigenvalue weighted by Crippen LogP contribution is -2.47. The number of amides is 1. The quantitative estimate of drug-likeness (QED) is 0.290. The summed E-state index contributed by atoms with van der Waals surface area (Å²) in [5, 5.41) is 15.1. The standard InChI is InChI=1S/C27H32N4O6/c1-5-17-18-11-16(36-4)7-8-22(18)30-24-19(17)13-31-23(24)12-21(20(25(31)33)14-37-15(3)32)27(35,6-2)26(34)29-10-9-28/h7-8,11-12,35H,5-6,9-10,13-14,28H2,1-4H3,(H,29,34)/t27-/m0/s1. The first-order valence-corrected chi connectivity index (χ1v) is 12.3. The molecule has 1 aliphatic heterocycles. The lowest BCUT2D eigenvalue weighted by atomic mass is 9.86. The van der Waals surface area contributed by atoms with Crippen LogP contribution in [-0.2, 0) is 39.5 Å². The number of nitrogens with zero attached hydrogens (tertiary/aromatic N) is 2. The minimum absolute atomic E-state index is 0.0165. The van der Waals surface area contributed by atoms with Crippen molar-refractivity contribution < 1.29 is 24.2 Å². The zero-order chi connectivity index (χ0) is 26.9. The predicted molar refractivity (Wildman–Crippen MR) is 138 cm³/mol. The van der Waals surface area contributed by atoms with E-state index < -0.39 is 23.0 Å². The average Bonchev–Trinajstić information content (AvgIpc) is 3.27. The Bertz CT molecular complexity index is 1450. The Hall–Kier alpha value is -3.76. The van der Waals surface area contributed by atoms with Crippen LogP contribution in [0, 0.1) is 0 Å². The van der Waals surface area contributed by atoms with E-state index in [9.17, 15) is 19.5 Å². The number of aryl methyl sites for hydroxylation is 1. The smallest absolute Gasteiger partial charge is 0.302 e. The lowest BCUT2D eigenvalue weighted by Gasteiger charge is -2.28. The molecule has 1 aliphatic rings. The fraction of sp³-hybridized carbons (Fsp3) is 0.407. The zero-order valence-corrected chi connectivity index (χ0v) is 21.5. The van der Waals surface area contributed by atoms with Crippen LogP contribution >= 0.6 is 0 Å². The van der Waals surface area contributed by atoms with Gasteiger partial charge in [-0.05, 0) is 42.7 Å². The number of carbonyl (C=O) groups excluding carboxylic acids is 2. The summed E-state index contributed by atoms with van der Waals surface area (Å²) in [6, 6.07) is 7.25. The summed E-state index contributed by atoms with van der Waals surface area (Å²) in [5.41, 5.74) is 6.96. The Morgan fingerprint density at radius 1 is 1.24 bits per heavy atom. The van der Waals surface area contributed by atoms with Crippen molar-refractivity contribution in [3.63, 3.8) is 0 Å². The third kappa shape index (κ3) is 4.47. The second kappa shape index (κ2) is 10.3. The van der Waals surface area contributed by atoms with Crippen LogP contribution in [0.15, 0.2) is 29.1 Å². The number of hydrogen-bond donors (Lipinski definition) is 3. The molecule has 0 saturated heterocycles. The first kappa shape index (κ1) is 26.3. The highest BCUT2D eigenvalue weighted by Crippen LogP contribution is 2.39. The number of ether oxygens (including phenoxy) is 2. The molecule has 1 aromatic carbocycles. The average molecular weight is 509 g/mol. The monoisotopic (exact) mass is 508 g/mol. The van der Waals surface area contributed by atoms with Crippen molar-refractivity contribution in [2.75, 3.05) is 20.2 Å². The fourth-order valence-electron chi connectivity index (χ4n) is 4.95. The third-order valence-electron chi connectivity index (χ3n) is 6.91. The Kier molecular flexibility index (Phi) is 7.33. The number of rotatable bonds is 9. The van der Waals surface area contributed by atoms with Crippen molar-refractivity contribution in [1.29, 1.82) is 0 Å². The van der Waals surface area contributed by atoms with Crippen LogP contribution in [0.4, 0.5) is 0 Å². The van der Waals surface area contributed by atoms with Crippen molar-refractivity contribution in [3.05, 3.63) is 56.9 Å². The molecule has 196 valence electrons. The molecular formula is C27H32N4O6. The van der Waals surface area contributed by atoms with Gasteiger partial charge in [0.1, 0.15) is 12.4 Å². The van der Waals surface area contributed by atoms with E-state index in [2.05, 4.69) is 5.32 Å². The van der Waals surface area contributed by atoms with Crippen molar-refractivity contribution in [3.8, 4) is 17.1 Å². The molecule has 2 aromatic heterocycles. The molecule has 4 rings (SSSR count). The van der Waals surface area contributed by atoms with Gasteiger partial charge in [-0.2, -0.15) is 0 Å². The number of methoxy groups -OCH3 is 1. The van der Waals surface area contributed by atoms with Crippen molar-refractivity contribution >= 4 is 22.8 Å². The molecule has 1 atom stereocenters. The van der Waals surface area contributed by atoms with E-state index in [4.69, 9.17) is 20.2 Å². The number of esters is 1. The van der Waals surface area contributed by atoms with Crippen LogP contribution in [-0.4, -0.2) is 46.7 Å². The second-order valence-electron chi connectivity index (χ2n) is 9.01. The molecule has 1 amide bonds. The summed E-state index contributed by atoms with van der Waals surface area (Å²) in [6.45, 7) is 5.15. The second-order valence-corrected chi connectivity index (χ2v) is 9.01. The van der Waals surface area contributed by atoms with Gasteiger partial charge >= 0.3 is 5.97 Å². The Labute approximate surface area is 214 Å². The van der Waals surface area contributed by atoms with Crippen molar-refractivity contribution in [1.82, 2.24) is 14.9 Å². The number of aromatic nitrogens is 2. The number of hydrogen-bond acceptors (Lipinski definition) is 8. The van der Waals surface area contributed by atoms with Gasteiger partial charge in [0, 0.05) is 36.5 Å². The van der Waals surface area contributed by atoms with E-state index >= 15 is 0 Å². The number of fused-ring (bicyclic) bond motifs is 4. The molecule has 0 radical (unpaired) electrons. The fourth-order valence-corrected chi connectivity index (χ4v) is 4.95. The number of carbonyl (C=O) groups is 2. The molecule has 4 N–H and O–H groups in total. The molecule has 10 heteroatoms. The van der Waals surface area contributed by atoms with Crippen molar-refractivity contribution in [2.45, 2.75) is 52.4 Å². The van der Waals surface area contributed by atoms with Gasteiger partial charge in [-0.25, -0.2) is 4.98 Å². The number of nitrogens with two attached hydrogens (primary N) is 1. The van der Waals surface area contributed by atoms with Crippen LogP contribution in [0.1, 0.15) is 49.4 Å². The maximum atomic E-state index is 13.8. The normalized spacial score (nSPS) is 13.6. The van der Waals surface area contributed by atoms with Gasteiger partial charge in [0.05, 0.1) is 36.1 Å². The van der Waals surface area contributed by atoms with Gasteiger partial charge in [0.2, 0.25) is 0 Å². The molecule has 3 heterocycles. The summed E-state index contributed by atoms with van der Waals surface area (Å²) in [7, 11) is 1.60. The number of benzene rings is 1. The molecule has 0 bridgehead atoms. The minimum Gasteiger partial charge on any atom is -0.497 e. The lowest BCUT2D eigenvalue weighted by molar-refractivity contribution is -0.142. The SMILES string of the molecule is CCc1c2c(nc3ccc(OC)cc13)-c1cc([C@@](O)(CC)C(=O)NCCN)c(COC(C)=O)c(=O)n1C2. The molecule has 0 saturated carbocycles. The van der Waals surface area contributed by atoms with Crippen LogP contribution in [0.2, 0.25) is 0 Å². The molecule has 0 spiro atoms. The van der Waals surface area contributed by atoms with Gasteiger partial charge in [-0.3, -0.25) is 14.4 Å². The van der Waals surface area contributed by atoms with E-state index in [1.165, 1.54) is 6.92 Å². The molecule has 0 aliphatic carbocycles. The Morgan fingerprint density at radius 3 is 2.62 bits per heavy atom. The summed E-state index contributed by atoms with van der Waals surface area (Å²) in [6.07, 6.45) is 0.683. The summed E-state index contributed by atoms with van der Waals surface area (Å²) in [5.74, 6) is -0.555. The number of aliphatic hydroxyl groups is 1. The highest BCUT2D eigenvalue weighted by Gasteiger charge is 2.41. The Balaban J connectivity index is 1.99. The van der Waals surface area contributed by atoms with Gasteiger partial charge in [-0.15, -0.1) is 0 Å². The summed E-state index contributed by atoms with van der Waals surface area (Å²) < 4.78 is 12.1. The Morgan fingerprint density at radius 2 is 2.00 bits per heavy atom. The van der Waals surface area contributed by atoms with E-state index in [1.807, 2.05) is 25.1 Å². The highest BCUT2D eigenvalue weighted by molar-refractivity contribution is 5.90. The molecule has 0 fully saturated rings. The van der Waals surface area contributed by atoms with Gasteiger partial charge in [-0.1, -0.05) is 13.8 Å². The van der Waals surface area contributed by atoms with Crippen molar-refractivity contribution in [2.24, 2.45) is 5.73 Å². The van der Waals surface area contributed by atoms with E-state index in [1.54, 1.807) is 24.7 Å². The summed E-state index contributed by atoms with van der Waals surface area (Å²) >= 11 is 0. The predicted octanol–water partition coefficient (Wildman–Crippen LogP) is 1.73. The number of nitrogens with one attached hydrogen (secondary N) is 1. The molecule has 10 nitrogen and oxygen atoms in total. The van der Waals surface area contributed by atoms with E-state index in [0.717, 1.165) is 22.0 Å². The zero-order valence-electron chi connectivity index (χ0n) is 21.5. The van der Waals surface area contributed by atoms with Gasteiger partial charge in [0.25, 0.3) is 11.5 Å². The van der Waals surface area contributed by atoms with Gasteiger partial charge < -0.3 is 30.2 Å². The molecule has 37 heavy (non-hydrogen) atoms. The maximum Gasteiger partial charge on any atom is 0.302 e. The molecular weight excluding hydrogens is 476 g/mol. The summed E-state index contributed by atoms with van der Waals surface area (Å²) in [4.78, 5) is 43.4. The maximum absolute atomic E-state index is 13.8. The first-order valence-electron chi connectivity index (χ1n) is 12.3. The third-order valence-corrected chi connectivity index (χ3v) is 6.91.